The maximum Gasteiger partial charge on any atom is 0.146 e. The van der Waals surface area contributed by atoms with E-state index in [0.717, 1.165) is 44.5 Å². The van der Waals surface area contributed by atoms with Gasteiger partial charge in [-0.05, 0) is 43.9 Å². The molecule has 4 nitrogen and oxygen atoms in total. The van der Waals surface area contributed by atoms with E-state index in [2.05, 4.69) is 9.88 Å². The number of ether oxygens (including phenoxy) is 2. The SMILES string of the molecule is Fc1c(Cl)cccc1CN1CCC2(CCC(COc3ccncc3)O2)CC1. The predicted molar refractivity (Wildman–Crippen MR) is 102 cm³/mol. The quantitative estimate of drug-likeness (QED) is 0.754. The fraction of sp³-hybridized carbons (Fsp3) is 0.476. The highest BCUT2D eigenvalue weighted by molar-refractivity contribution is 6.30. The molecule has 3 heterocycles. The lowest BCUT2D eigenvalue weighted by atomic mass is 9.88. The Bertz CT molecular complexity index is 766. The van der Waals surface area contributed by atoms with Crippen LogP contribution in [0.15, 0.2) is 42.7 Å². The molecule has 144 valence electrons. The number of piperidine rings is 1. The molecule has 2 aliphatic rings. The summed E-state index contributed by atoms with van der Waals surface area (Å²) in [5, 5.41) is 0.192. The van der Waals surface area contributed by atoms with Crippen LogP contribution in [-0.4, -0.2) is 41.3 Å². The molecule has 6 heteroatoms. The summed E-state index contributed by atoms with van der Waals surface area (Å²) in [6.45, 7) is 2.98. The third kappa shape index (κ3) is 4.42. The van der Waals surface area contributed by atoms with Gasteiger partial charge in [0.05, 0.1) is 16.7 Å². The molecule has 1 aromatic heterocycles. The minimum atomic E-state index is -0.301. The number of benzene rings is 1. The molecule has 0 N–H and O–H groups in total. The van der Waals surface area contributed by atoms with E-state index in [-0.39, 0.29) is 22.5 Å². The number of aromatic nitrogens is 1. The lowest BCUT2D eigenvalue weighted by Gasteiger charge is -2.39. The van der Waals surface area contributed by atoms with Crippen LogP contribution in [0.2, 0.25) is 5.02 Å². The van der Waals surface area contributed by atoms with Crippen LogP contribution < -0.4 is 4.74 Å². The van der Waals surface area contributed by atoms with Gasteiger partial charge in [0.2, 0.25) is 0 Å². The number of likely N-dealkylation sites (tertiary alicyclic amines) is 1. The molecule has 0 radical (unpaired) electrons. The zero-order chi connectivity index (χ0) is 18.7. The van der Waals surface area contributed by atoms with Gasteiger partial charge in [-0.15, -0.1) is 0 Å². The number of nitrogens with zero attached hydrogens (tertiary/aromatic N) is 2. The molecule has 0 aliphatic carbocycles. The lowest BCUT2D eigenvalue weighted by Crippen LogP contribution is -2.44. The van der Waals surface area contributed by atoms with Gasteiger partial charge in [0.25, 0.3) is 0 Å². The van der Waals surface area contributed by atoms with Crippen molar-refractivity contribution in [3.05, 3.63) is 59.1 Å². The molecule has 2 saturated heterocycles. The zero-order valence-corrected chi connectivity index (χ0v) is 16.0. The molecule has 27 heavy (non-hydrogen) atoms. The molecule has 1 aromatic carbocycles. The predicted octanol–water partition coefficient (Wildman–Crippen LogP) is 4.47. The second kappa shape index (κ2) is 8.13. The molecule has 1 unspecified atom stereocenters. The molecule has 2 aromatic rings. The molecule has 2 aliphatic heterocycles. The first-order valence-electron chi connectivity index (χ1n) is 9.49. The van der Waals surface area contributed by atoms with Crippen molar-refractivity contribution < 1.29 is 13.9 Å². The van der Waals surface area contributed by atoms with Gasteiger partial charge in [-0.2, -0.15) is 0 Å². The Morgan fingerprint density at radius 1 is 1.19 bits per heavy atom. The van der Waals surface area contributed by atoms with Crippen LogP contribution in [0.5, 0.6) is 5.75 Å². The third-order valence-electron chi connectivity index (χ3n) is 5.62. The summed E-state index contributed by atoms with van der Waals surface area (Å²) in [7, 11) is 0. The van der Waals surface area contributed by atoms with Gasteiger partial charge < -0.3 is 9.47 Å². The first-order valence-corrected chi connectivity index (χ1v) is 9.87. The molecular weight excluding hydrogens is 367 g/mol. The van der Waals surface area contributed by atoms with Gasteiger partial charge in [-0.25, -0.2) is 4.39 Å². The van der Waals surface area contributed by atoms with Crippen LogP contribution in [0.3, 0.4) is 0 Å². The number of rotatable bonds is 5. The first kappa shape index (κ1) is 18.7. The number of hydrogen-bond acceptors (Lipinski definition) is 4. The molecule has 4 rings (SSSR count). The molecular formula is C21H24ClFN2O2. The van der Waals surface area contributed by atoms with Gasteiger partial charge in [0.1, 0.15) is 18.2 Å². The third-order valence-corrected chi connectivity index (χ3v) is 5.91. The smallest absolute Gasteiger partial charge is 0.146 e. The fourth-order valence-electron chi connectivity index (χ4n) is 4.03. The Morgan fingerprint density at radius 2 is 1.96 bits per heavy atom. The average Bonchev–Trinajstić information content (AvgIpc) is 3.09. The molecule has 0 bridgehead atoms. The average molecular weight is 391 g/mol. The summed E-state index contributed by atoms with van der Waals surface area (Å²) < 4.78 is 26.3. The lowest BCUT2D eigenvalue weighted by molar-refractivity contribution is -0.0875. The van der Waals surface area contributed by atoms with Crippen LogP contribution in [0, 0.1) is 5.82 Å². The van der Waals surface area contributed by atoms with E-state index in [1.54, 1.807) is 24.5 Å². The summed E-state index contributed by atoms with van der Waals surface area (Å²) in [5.41, 5.74) is 0.616. The molecule has 2 fully saturated rings. The van der Waals surface area contributed by atoms with E-state index in [9.17, 15) is 4.39 Å². The van der Waals surface area contributed by atoms with Gasteiger partial charge in [0.15, 0.2) is 0 Å². The molecule has 1 atom stereocenters. The van der Waals surface area contributed by atoms with Crippen molar-refractivity contribution in [3.63, 3.8) is 0 Å². The maximum atomic E-state index is 14.1. The van der Waals surface area contributed by atoms with Crippen LogP contribution in [0.1, 0.15) is 31.2 Å². The van der Waals surface area contributed by atoms with E-state index in [0.29, 0.717) is 18.7 Å². The number of hydrogen-bond donors (Lipinski definition) is 0. The largest absolute Gasteiger partial charge is 0.491 e. The summed E-state index contributed by atoms with van der Waals surface area (Å²) >= 11 is 5.89. The zero-order valence-electron chi connectivity index (χ0n) is 15.2. The van der Waals surface area contributed by atoms with E-state index < -0.39 is 0 Å². The van der Waals surface area contributed by atoms with E-state index >= 15 is 0 Å². The minimum Gasteiger partial charge on any atom is -0.491 e. The van der Waals surface area contributed by atoms with Gasteiger partial charge >= 0.3 is 0 Å². The Balaban J connectivity index is 1.27. The van der Waals surface area contributed by atoms with Crippen molar-refractivity contribution in [1.82, 2.24) is 9.88 Å². The Kier molecular flexibility index (Phi) is 5.62. The van der Waals surface area contributed by atoms with E-state index in [1.165, 1.54) is 0 Å². The highest BCUT2D eigenvalue weighted by Crippen LogP contribution is 2.39. The number of pyridine rings is 1. The summed E-state index contributed by atoms with van der Waals surface area (Å²) in [6, 6.07) is 8.92. The van der Waals surface area contributed by atoms with Crippen LogP contribution >= 0.6 is 11.6 Å². The Morgan fingerprint density at radius 3 is 2.74 bits per heavy atom. The van der Waals surface area contributed by atoms with Gasteiger partial charge in [-0.3, -0.25) is 9.88 Å². The maximum absolute atomic E-state index is 14.1. The molecule has 0 amide bonds. The molecule has 1 spiro atoms. The van der Waals surface area contributed by atoms with E-state index in [1.807, 2.05) is 18.2 Å². The van der Waals surface area contributed by atoms with Gasteiger partial charge in [-0.1, -0.05) is 23.7 Å². The van der Waals surface area contributed by atoms with Crippen molar-refractivity contribution in [2.75, 3.05) is 19.7 Å². The van der Waals surface area contributed by atoms with Crippen LogP contribution in [-0.2, 0) is 11.3 Å². The fourth-order valence-corrected chi connectivity index (χ4v) is 4.23. The Labute approximate surface area is 164 Å². The highest BCUT2D eigenvalue weighted by atomic mass is 35.5. The summed E-state index contributed by atoms with van der Waals surface area (Å²) in [6.07, 6.45) is 7.62. The van der Waals surface area contributed by atoms with Crippen molar-refractivity contribution in [1.29, 1.82) is 0 Å². The summed E-state index contributed by atoms with van der Waals surface area (Å²) in [4.78, 5) is 6.28. The normalized spacial score (nSPS) is 22.2. The van der Waals surface area contributed by atoms with Crippen molar-refractivity contribution in [3.8, 4) is 5.75 Å². The molecule has 0 saturated carbocycles. The van der Waals surface area contributed by atoms with Crippen molar-refractivity contribution in [2.24, 2.45) is 0 Å². The van der Waals surface area contributed by atoms with E-state index in [4.69, 9.17) is 21.1 Å². The van der Waals surface area contributed by atoms with Crippen LogP contribution in [0.25, 0.3) is 0 Å². The first-order chi connectivity index (χ1) is 13.1. The second-order valence-corrected chi connectivity index (χ2v) is 7.85. The minimum absolute atomic E-state index is 0.0460. The highest BCUT2D eigenvalue weighted by Gasteiger charge is 2.42. The monoisotopic (exact) mass is 390 g/mol. The van der Waals surface area contributed by atoms with Crippen LogP contribution in [0.4, 0.5) is 4.39 Å². The number of halogens is 2. The topological polar surface area (TPSA) is 34.6 Å². The second-order valence-electron chi connectivity index (χ2n) is 7.44. The van der Waals surface area contributed by atoms with Crippen molar-refractivity contribution in [2.45, 2.75) is 43.9 Å². The summed E-state index contributed by atoms with van der Waals surface area (Å²) in [5.74, 6) is 0.526. The Hall–Kier alpha value is -1.69. The van der Waals surface area contributed by atoms with Gasteiger partial charge in [0, 0.05) is 37.6 Å². The standard InChI is InChI=1S/C21H24ClFN2O2/c22-19-3-1-2-16(20(19)23)14-25-12-8-21(9-13-25)7-4-18(27-21)15-26-17-5-10-24-11-6-17/h1-3,5-6,10-11,18H,4,7-9,12-15H2. The van der Waals surface area contributed by atoms with Crippen molar-refractivity contribution >= 4 is 11.6 Å².